The summed E-state index contributed by atoms with van der Waals surface area (Å²) < 4.78 is 41.5. The molecule has 7 nitrogen and oxygen atoms in total. The molecule has 1 aliphatic heterocycles. The number of non-ortho nitro benzene ring substituents is 1. The minimum atomic E-state index is -5.00. The van der Waals surface area contributed by atoms with E-state index >= 15 is 0 Å². The number of aliphatic hydroxyl groups is 1. The SMILES string of the molecule is Cc1ccc(C2=NN(c3nc(-c4cccc([N+](=O)[O-])c4)cs3)[C@@](O)(C(F)(F)F)C2)cc1. The van der Waals surface area contributed by atoms with Gasteiger partial charge in [-0.2, -0.15) is 23.3 Å². The number of benzene rings is 2. The Labute approximate surface area is 178 Å². The molecule has 1 N–H and O–H groups in total. The van der Waals surface area contributed by atoms with Gasteiger partial charge in [-0.15, -0.1) is 11.3 Å². The first-order chi connectivity index (χ1) is 14.6. The molecule has 0 radical (unpaired) electrons. The molecule has 31 heavy (non-hydrogen) atoms. The topological polar surface area (TPSA) is 91.9 Å². The summed E-state index contributed by atoms with van der Waals surface area (Å²) in [7, 11) is 0. The second-order valence-corrected chi connectivity index (χ2v) is 7.87. The van der Waals surface area contributed by atoms with Gasteiger partial charge in [0.05, 0.1) is 22.7 Å². The van der Waals surface area contributed by atoms with Crippen molar-refractivity contribution in [3.05, 3.63) is 75.2 Å². The Morgan fingerprint density at radius 3 is 2.55 bits per heavy atom. The van der Waals surface area contributed by atoms with Gasteiger partial charge in [0.25, 0.3) is 11.4 Å². The second-order valence-electron chi connectivity index (χ2n) is 7.04. The fourth-order valence-electron chi connectivity index (χ4n) is 3.15. The van der Waals surface area contributed by atoms with Crippen molar-refractivity contribution in [2.45, 2.75) is 25.2 Å². The van der Waals surface area contributed by atoms with E-state index in [2.05, 4.69) is 10.1 Å². The van der Waals surface area contributed by atoms with Gasteiger partial charge < -0.3 is 5.11 Å². The van der Waals surface area contributed by atoms with Gasteiger partial charge in [-0.25, -0.2) is 4.98 Å². The minimum Gasteiger partial charge on any atom is -0.362 e. The molecule has 3 aromatic rings. The highest BCUT2D eigenvalue weighted by molar-refractivity contribution is 7.14. The van der Waals surface area contributed by atoms with Crippen LogP contribution in [0.2, 0.25) is 0 Å². The number of nitro groups is 1. The minimum absolute atomic E-state index is 0.0759. The van der Waals surface area contributed by atoms with Crippen LogP contribution in [0, 0.1) is 17.0 Å². The third-order valence-corrected chi connectivity index (χ3v) is 5.67. The summed E-state index contributed by atoms with van der Waals surface area (Å²) in [5, 5.41) is 27.4. The molecule has 0 saturated carbocycles. The summed E-state index contributed by atoms with van der Waals surface area (Å²) >= 11 is 0.852. The summed E-state index contributed by atoms with van der Waals surface area (Å²) in [5.74, 6) is 0. The van der Waals surface area contributed by atoms with Gasteiger partial charge in [-0.1, -0.05) is 42.0 Å². The lowest BCUT2D eigenvalue weighted by molar-refractivity contribution is -0.384. The fraction of sp³-hybridized carbons (Fsp3) is 0.200. The van der Waals surface area contributed by atoms with Gasteiger partial charge in [-0.3, -0.25) is 10.1 Å². The van der Waals surface area contributed by atoms with Gasteiger partial charge in [0.15, 0.2) is 0 Å². The number of thiazole rings is 1. The summed E-state index contributed by atoms with van der Waals surface area (Å²) in [6.45, 7) is 1.85. The van der Waals surface area contributed by atoms with E-state index in [1.807, 2.05) is 6.92 Å². The molecule has 0 unspecified atom stereocenters. The highest BCUT2D eigenvalue weighted by Gasteiger charge is 2.62. The molecule has 160 valence electrons. The molecule has 11 heteroatoms. The summed E-state index contributed by atoms with van der Waals surface area (Å²) in [6.07, 6.45) is -5.76. The average molecular weight is 448 g/mol. The van der Waals surface area contributed by atoms with Crippen molar-refractivity contribution in [2.24, 2.45) is 5.10 Å². The molecule has 2 aromatic carbocycles. The maximum absolute atomic E-state index is 13.8. The molecule has 0 bridgehead atoms. The maximum atomic E-state index is 13.8. The number of nitrogens with zero attached hydrogens (tertiary/aromatic N) is 4. The van der Waals surface area contributed by atoms with E-state index in [0.717, 1.165) is 16.9 Å². The number of aryl methyl sites for hydroxylation is 1. The van der Waals surface area contributed by atoms with Crippen LogP contribution in [0.15, 0.2) is 59.0 Å². The van der Waals surface area contributed by atoms with Crippen LogP contribution in [0.5, 0.6) is 0 Å². The Bertz CT molecular complexity index is 1180. The molecule has 1 atom stereocenters. The lowest BCUT2D eigenvalue weighted by Gasteiger charge is -2.32. The summed E-state index contributed by atoms with van der Waals surface area (Å²) in [5.41, 5.74) is -1.34. The number of nitro benzene ring substituents is 1. The second kappa shape index (κ2) is 7.43. The lowest BCUT2D eigenvalue weighted by atomic mass is 10.0. The predicted octanol–water partition coefficient (Wildman–Crippen LogP) is 4.89. The number of alkyl halides is 3. The quantitative estimate of drug-likeness (QED) is 0.453. The Kier molecular flexibility index (Phi) is 5.02. The third-order valence-electron chi connectivity index (χ3n) is 4.85. The lowest BCUT2D eigenvalue weighted by Crippen LogP contribution is -2.55. The highest BCUT2D eigenvalue weighted by Crippen LogP contribution is 2.45. The Hall–Kier alpha value is -3.31. The van der Waals surface area contributed by atoms with Crippen LogP contribution < -0.4 is 5.01 Å². The van der Waals surface area contributed by atoms with Crippen molar-refractivity contribution in [3.8, 4) is 11.3 Å². The zero-order valence-corrected chi connectivity index (χ0v) is 16.8. The first kappa shape index (κ1) is 20.9. The largest absolute Gasteiger partial charge is 0.438 e. The van der Waals surface area contributed by atoms with Crippen molar-refractivity contribution in [2.75, 3.05) is 5.01 Å². The molecule has 1 aliphatic rings. The van der Waals surface area contributed by atoms with E-state index in [9.17, 15) is 28.4 Å². The van der Waals surface area contributed by atoms with Gasteiger partial charge in [0.2, 0.25) is 5.13 Å². The highest BCUT2D eigenvalue weighted by atomic mass is 32.1. The molecule has 0 fully saturated rings. The molecule has 0 saturated heterocycles. The number of rotatable bonds is 4. The molecule has 1 aromatic heterocycles. The Balaban J connectivity index is 1.74. The van der Waals surface area contributed by atoms with E-state index in [-0.39, 0.29) is 22.2 Å². The number of aromatic nitrogens is 1. The van der Waals surface area contributed by atoms with Crippen molar-refractivity contribution in [3.63, 3.8) is 0 Å². The van der Waals surface area contributed by atoms with Gasteiger partial charge in [0.1, 0.15) is 0 Å². The van der Waals surface area contributed by atoms with Crippen LogP contribution in [0.4, 0.5) is 24.0 Å². The Morgan fingerprint density at radius 2 is 1.90 bits per heavy atom. The predicted molar refractivity (Wildman–Crippen MR) is 110 cm³/mol. The number of halogens is 3. The number of hydrogen-bond acceptors (Lipinski definition) is 7. The first-order valence-electron chi connectivity index (χ1n) is 9.03. The number of anilines is 1. The summed E-state index contributed by atoms with van der Waals surface area (Å²) in [6, 6.07) is 12.4. The average Bonchev–Trinajstić information content (AvgIpc) is 3.33. The smallest absolute Gasteiger partial charge is 0.362 e. The zero-order chi connectivity index (χ0) is 22.4. The van der Waals surface area contributed by atoms with Crippen LogP contribution in [-0.2, 0) is 0 Å². The molecule has 2 heterocycles. The maximum Gasteiger partial charge on any atom is 0.438 e. The Morgan fingerprint density at radius 1 is 1.19 bits per heavy atom. The molecule has 4 rings (SSSR count). The van der Waals surface area contributed by atoms with Crippen molar-refractivity contribution in [1.82, 2.24) is 4.98 Å². The van der Waals surface area contributed by atoms with Crippen molar-refractivity contribution < 1.29 is 23.2 Å². The van der Waals surface area contributed by atoms with Crippen molar-refractivity contribution >= 4 is 27.9 Å². The van der Waals surface area contributed by atoms with E-state index in [1.165, 1.54) is 23.6 Å². The summed E-state index contributed by atoms with van der Waals surface area (Å²) in [4.78, 5) is 14.6. The van der Waals surface area contributed by atoms with E-state index in [4.69, 9.17) is 0 Å². The van der Waals surface area contributed by atoms with Crippen LogP contribution in [0.3, 0.4) is 0 Å². The van der Waals surface area contributed by atoms with E-state index < -0.39 is 23.2 Å². The van der Waals surface area contributed by atoms with Crippen LogP contribution >= 0.6 is 11.3 Å². The molecular weight excluding hydrogens is 433 g/mol. The standard InChI is InChI=1S/C20H15F3N4O3S/c1-12-5-7-13(8-6-12)16-10-19(28,20(21,22)23)26(25-16)18-24-17(11-31-18)14-3-2-4-15(9-14)27(29)30/h2-9,11,28H,10H2,1H3/t19-/m0/s1. The number of hydrazone groups is 1. The molecule has 0 spiro atoms. The van der Waals surface area contributed by atoms with Crippen LogP contribution in [-0.4, -0.2) is 32.6 Å². The monoisotopic (exact) mass is 448 g/mol. The molecular formula is C20H15F3N4O3S. The van der Waals surface area contributed by atoms with Gasteiger partial charge >= 0.3 is 6.18 Å². The number of hydrogen-bond donors (Lipinski definition) is 1. The molecule has 0 aliphatic carbocycles. The van der Waals surface area contributed by atoms with Gasteiger partial charge in [0, 0.05) is 23.1 Å². The van der Waals surface area contributed by atoms with Gasteiger partial charge in [-0.05, 0) is 12.5 Å². The fourth-order valence-corrected chi connectivity index (χ4v) is 4.00. The van der Waals surface area contributed by atoms with Crippen LogP contribution in [0.25, 0.3) is 11.3 Å². The first-order valence-corrected chi connectivity index (χ1v) is 9.91. The molecule has 0 amide bonds. The van der Waals surface area contributed by atoms with E-state index in [1.54, 1.807) is 30.3 Å². The third kappa shape index (κ3) is 3.77. The van der Waals surface area contributed by atoms with Crippen molar-refractivity contribution in [1.29, 1.82) is 0 Å². The zero-order valence-electron chi connectivity index (χ0n) is 16.0. The van der Waals surface area contributed by atoms with E-state index in [0.29, 0.717) is 16.1 Å². The normalized spacial score (nSPS) is 18.9. The van der Waals surface area contributed by atoms with Crippen LogP contribution in [0.1, 0.15) is 17.5 Å².